The van der Waals surface area contributed by atoms with E-state index >= 15 is 0 Å². The topological polar surface area (TPSA) is 55.1 Å². The summed E-state index contributed by atoms with van der Waals surface area (Å²) in [6.45, 7) is 2.52. The summed E-state index contributed by atoms with van der Waals surface area (Å²) >= 11 is 0. The van der Waals surface area contributed by atoms with Crippen LogP contribution in [0.5, 0.6) is 0 Å². The molecule has 0 radical (unpaired) electrons. The summed E-state index contributed by atoms with van der Waals surface area (Å²) in [6, 6.07) is 17.8. The minimum absolute atomic E-state index is 0.0204. The standard InChI is InChI=1S/C17H20N2O/c1-13(16-5-3-2-4-6-16)19-17(20)11-14-7-9-15(12-18)10-8-14/h2-10,13H,11-12,18H2,1H3,(H,19,20)/t13-/m0/s1. The van der Waals surface area contributed by atoms with Crippen LogP contribution in [0.25, 0.3) is 0 Å². The first kappa shape index (κ1) is 14.3. The number of hydrogen-bond acceptors (Lipinski definition) is 2. The van der Waals surface area contributed by atoms with Gasteiger partial charge in [-0.15, -0.1) is 0 Å². The summed E-state index contributed by atoms with van der Waals surface area (Å²) < 4.78 is 0. The Morgan fingerprint density at radius 3 is 2.25 bits per heavy atom. The van der Waals surface area contributed by atoms with Crippen molar-refractivity contribution in [1.82, 2.24) is 5.32 Å². The number of rotatable bonds is 5. The van der Waals surface area contributed by atoms with E-state index in [0.717, 1.165) is 16.7 Å². The predicted molar refractivity (Wildman–Crippen MR) is 81.0 cm³/mol. The summed E-state index contributed by atoms with van der Waals surface area (Å²) in [7, 11) is 0. The fourth-order valence-electron chi connectivity index (χ4n) is 2.10. The first-order valence-electron chi connectivity index (χ1n) is 6.81. The molecule has 1 amide bonds. The molecule has 20 heavy (non-hydrogen) atoms. The minimum atomic E-state index is 0.0204. The van der Waals surface area contributed by atoms with E-state index in [2.05, 4.69) is 5.32 Å². The Balaban J connectivity index is 1.91. The number of carbonyl (C=O) groups excluding carboxylic acids is 1. The van der Waals surface area contributed by atoms with Crippen LogP contribution in [-0.2, 0) is 17.8 Å². The van der Waals surface area contributed by atoms with Gasteiger partial charge in [0.25, 0.3) is 0 Å². The molecule has 0 spiro atoms. The first-order chi connectivity index (χ1) is 9.69. The molecule has 0 aromatic heterocycles. The predicted octanol–water partition coefficient (Wildman–Crippen LogP) is 2.57. The third kappa shape index (κ3) is 3.93. The summed E-state index contributed by atoms with van der Waals surface area (Å²) in [6.07, 6.45) is 0.391. The quantitative estimate of drug-likeness (QED) is 0.875. The lowest BCUT2D eigenvalue weighted by molar-refractivity contribution is -0.121. The van der Waals surface area contributed by atoms with Crippen molar-refractivity contribution in [2.75, 3.05) is 0 Å². The van der Waals surface area contributed by atoms with Gasteiger partial charge in [0.15, 0.2) is 0 Å². The molecule has 0 heterocycles. The molecular weight excluding hydrogens is 248 g/mol. The van der Waals surface area contributed by atoms with E-state index in [4.69, 9.17) is 5.73 Å². The largest absolute Gasteiger partial charge is 0.349 e. The maximum atomic E-state index is 12.0. The Morgan fingerprint density at radius 2 is 1.65 bits per heavy atom. The van der Waals surface area contributed by atoms with Crippen LogP contribution in [0.4, 0.5) is 0 Å². The van der Waals surface area contributed by atoms with E-state index < -0.39 is 0 Å². The van der Waals surface area contributed by atoms with Gasteiger partial charge in [-0.2, -0.15) is 0 Å². The van der Waals surface area contributed by atoms with Gasteiger partial charge in [-0.3, -0.25) is 4.79 Å². The van der Waals surface area contributed by atoms with Crippen LogP contribution in [0.3, 0.4) is 0 Å². The molecule has 0 aliphatic rings. The Labute approximate surface area is 119 Å². The molecule has 2 aromatic rings. The van der Waals surface area contributed by atoms with E-state index in [-0.39, 0.29) is 11.9 Å². The zero-order chi connectivity index (χ0) is 14.4. The smallest absolute Gasteiger partial charge is 0.224 e. The van der Waals surface area contributed by atoms with Gasteiger partial charge in [0.05, 0.1) is 12.5 Å². The second-order valence-corrected chi connectivity index (χ2v) is 4.90. The highest BCUT2D eigenvalue weighted by atomic mass is 16.1. The van der Waals surface area contributed by atoms with E-state index in [1.54, 1.807) is 0 Å². The van der Waals surface area contributed by atoms with Crippen LogP contribution < -0.4 is 11.1 Å². The molecule has 0 aliphatic carbocycles. The molecule has 1 atom stereocenters. The average Bonchev–Trinajstić information content (AvgIpc) is 2.49. The Morgan fingerprint density at radius 1 is 1.05 bits per heavy atom. The lowest BCUT2D eigenvalue weighted by Crippen LogP contribution is -2.28. The van der Waals surface area contributed by atoms with E-state index in [1.165, 1.54) is 0 Å². The monoisotopic (exact) mass is 268 g/mol. The number of hydrogen-bond donors (Lipinski definition) is 2. The highest BCUT2D eigenvalue weighted by Crippen LogP contribution is 2.12. The van der Waals surface area contributed by atoms with Crippen LogP contribution >= 0.6 is 0 Å². The Kier molecular flexibility index (Phi) is 4.91. The fourth-order valence-corrected chi connectivity index (χ4v) is 2.10. The second kappa shape index (κ2) is 6.87. The number of carbonyl (C=O) groups is 1. The SMILES string of the molecule is C[C@H](NC(=O)Cc1ccc(CN)cc1)c1ccccc1. The van der Waals surface area contributed by atoms with Crippen LogP contribution in [0.2, 0.25) is 0 Å². The van der Waals surface area contributed by atoms with Crippen molar-refractivity contribution in [3.05, 3.63) is 71.3 Å². The summed E-state index contributed by atoms with van der Waals surface area (Å²) in [5.41, 5.74) is 8.74. The van der Waals surface area contributed by atoms with Crippen molar-refractivity contribution < 1.29 is 4.79 Å². The van der Waals surface area contributed by atoms with Gasteiger partial charge in [0.2, 0.25) is 5.91 Å². The molecule has 3 nitrogen and oxygen atoms in total. The molecule has 104 valence electrons. The second-order valence-electron chi connectivity index (χ2n) is 4.90. The third-order valence-corrected chi connectivity index (χ3v) is 3.30. The molecule has 0 fully saturated rings. The normalized spacial score (nSPS) is 11.9. The zero-order valence-corrected chi connectivity index (χ0v) is 11.7. The molecular formula is C17H20N2O. The summed E-state index contributed by atoms with van der Waals surface area (Å²) in [5, 5.41) is 3.01. The molecule has 3 heteroatoms. The van der Waals surface area contributed by atoms with Crippen molar-refractivity contribution in [2.45, 2.75) is 25.9 Å². The minimum Gasteiger partial charge on any atom is -0.349 e. The van der Waals surface area contributed by atoms with Crippen molar-refractivity contribution in [3.8, 4) is 0 Å². The molecule has 2 rings (SSSR count). The van der Waals surface area contributed by atoms with Crippen LogP contribution in [-0.4, -0.2) is 5.91 Å². The lowest BCUT2D eigenvalue weighted by Gasteiger charge is -2.14. The molecule has 0 saturated heterocycles. The molecule has 0 bridgehead atoms. The highest BCUT2D eigenvalue weighted by molar-refractivity contribution is 5.79. The molecule has 3 N–H and O–H groups in total. The number of amides is 1. The van der Waals surface area contributed by atoms with E-state index in [0.29, 0.717) is 13.0 Å². The first-order valence-corrected chi connectivity index (χ1v) is 6.81. The number of nitrogens with two attached hydrogens (primary N) is 1. The van der Waals surface area contributed by atoms with Gasteiger partial charge < -0.3 is 11.1 Å². The molecule has 0 unspecified atom stereocenters. The molecule has 0 saturated carbocycles. The summed E-state index contributed by atoms with van der Waals surface area (Å²) in [4.78, 5) is 12.0. The maximum Gasteiger partial charge on any atom is 0.224 e. The molecule has 0 aliphatic heterocycles. The van der Waals surface area contributed by atoms with Crippen molar-refractivity contribution in [1.29, 1.82) is 0 Å². The van der Waals surface area contributed by atoms with Gasteiger partial charge in [-0.1, -0.05) is 54.6 Å². The third-order valence-electron chi connectivity index (χ3n) is 3.30. The number of benzene rings is 2. The van der Waals surface area contributed by atoms with Crippen LogP contribution in [0.15, 0.2) is 54.6 Å². The fraction of sp³-hybridized carbons (Fsp3) is 0.235. The Bertz CT molecular complexity index is 549. The maximum absolute atomic E-state index is 12.0. The van der Waals surface area contributed by atoms with Crippen molar-refractivity contribution in [3.63, 3.8) is 0 Å². The number of nitrogens with one attached hydrogen (secondary N) is 1. The van der Waals surface area contributed by atoms with Gasteiger partial charge >= 0.3 is 0 Å². The summed E-state index contributed by atoms with van der Waals surface area (Å²) in [5.74, 6) is 0.0295. The molecule has 2 aromatic carbocycles. The van der Waals surface area contributed by atoms with Crippen molar-refractivity contribution >= 4 is 5.91 Å². The van der Waals surface area contributed by atoms with Crippen LogP contribution in [0, 0.1) is 0 Å². The average molecular weight is 268 g/mol. The Hall–Kier alpha value is -2.13. The van der Waals surface area contributed by atoms with Crippen molar-refractivity contribution in [2.24, 2.45) is 5.73 Å². The van der Waals surface area contributed by atoms with Gasteiger partial charge in [0, 0.05) is 6.54 Å². The highest BCUT2D eigenvalue weighted by Gasteiger charge is 2.09. The van der Waals surface area contributed by atoms with Crippen LogP contribution in [0.1, 0.15) is 29.7 Å². The van der Waals surface area contributed by atoms with Gasteiger partial charge in [0.1, 0.15) is 0 Å². The van der Waals surface area contributed by atoms with Gasteiger partial charge in [-0.05, 0) is 23.6 Å². The lowest BCUT2D eigenvalue weighted by atomic mass is 10.1. The van der Waals surface area contributed by atoms with E-state index in [9.17, 15) is 4.79 Å². The van der Waals surface area contributed by atoms with Gasteiger partial charge in [-0.25, -0.2) is 0 Å². The van der Waals surface area contributed by atoms with E-state index in [1.807, 2.05) is 61.5 Å². The zero-order valence-electron chi connectivity index (χ0n) is 11.7.